The Labute approximate surface area is 346 Å². The van der Waals surface area contributed by atoms with E-state index in [1.165, 1.54) is 90.4 Å². The van der Waals surface area contributed by atoms with Gasteiger partial charge in [0.2, 0.25) is 0 Å². The van der Waals surface area contributed by atoms with Gasteiger partial charge < -0.3 is 4.57 Å². The van der Waals surface area contributed by atoms with Crippen molar-refractivity contribution < 1.29 is 0 Å². The summed E-state index contributed by atoms with van der Waals surface area (Å²) >= 11 is 3.63. The van der Waals surface area contributed by atoms with Gasteiger partial charge in [-0.2, -0.15) is 0 Å². The van der Waals surface area contributed by atoms with Gasteiger partial charge in [-0.1, -0.05) is 152 Å². The van der Waals surface area contributed by atoms with Crippen LogP contribution in [0.5, 0.6) is 0 Å². The van der Waals surface area contributed by atoms with Crippen LogP contribution in [0, 0.1) is 0 Å². The maximum absolute atomic E-state index is 5.20. The van der Waals surface area contributed by atoms with Crippen molar-refractivity contribution in [2.75, 3.05) is 0 Å². The summed E-state index contributed by atoms with van der Waals surface area (Å²) in [4.78, 5) is 10.4. The minimum absolute atomic E-state index is 0.741. The summed E-state index contributed by atoms with van der Waals surface area (Å²) in [6.07, 6.45) is 0. The van der Waals surface area contributed by atoms with Gasteiger partial charge in [0.05, 0.1) is 32.6 Å². The molecule has 0 fully saturated rings. The first-order chi connectivity index (χ1) is 29.2. The normalized spacial score (nSPS) is 12.1. The van der Waals surface area contributed by atoms with Gasteiger partial charge in [0.15, 0.2) is 5.82 Å². The molecular weight excluding hydrogens is 755 g/mol. The molecule has 5 heteroatoms. The van der Waals surface area contributed by atoms with Crippen molar-refractivity contribution in [3.05, 3.63) is 188 Å². The van der Waals surface area contributed by atoms with E-state index in [9.17, 15) is 0 Å². The molecule has 13 aromatic rings. The Kier molecular flexibility index (Phi) is 7.05. The number of thiophene rings is 2. The molecule has 0 radical (unpaired) electrons. The number of hydrogen-bond donors (Lipinski definition) is 0. The smallest absolute Gasteiger partial charge is 0.160 e. The van der Waals surface area contributed by atoms with E-state index < -0.39 is 0 Å². The highest BCUT2D eigenvalue weighted by molar-refractivity contribution is 7.26. The molecule has 4 aromatic heterocycles. The van der Waals surface area contributed by atoms with Gasteiger partial charge in [-0.3, -0.25) is 0 Å². The van der Waals surface area contributed by atoms with E-state index in [2.05, 4.69) is 193 Å². The van der Waals surface area contributed by atoms with E-state index in [4.69, 9.17) is 9.97 Å². The third-order valence-corrected chi connectivity index (χ3v) is 14.3. The molecule has 274 valence electrons. The molecule has 0 saturated carbocycles. The third-order valence-electron chi connectivity index (χ3n) is 12.0. The first kappa shape index (κ1) is 32.9. The molecule has 0 aliphatic carbocycles. The van der Waals surface area contributed by atoms with Crippen molar-refractivity contribution >= 4 is 106 Å². The summed E-state index contributed by atoms with van der Waals surface area (Å²) in [7, 11) is 0. The third kappa shape index (κ3) is 4.93. The molecule has 0 unspecified atom stereocenters. The van der Waals surface area contributed by atoms with Crippen LogP contribution >= 0.6 is 22.7 Å². The highest BCUT2D eigenvalue weighted by atomic mass is 32.1. The number of rotatable bonds is 4. The van der Waals surface area contributed by atoms with Gasteiger partial charge in [-0.15, -0.1) is 22.7 Å². The molecule has 13 rings (SSSR count). The van der Waals surface area contributed by atoms with Gasteiger partial charge >= 0.3 is 0 Å². The second kappa shape index (κ2) is 12.7. The van der Waals surface area contributed by atoms with Gasteiger partial charge in [0, 0.05) is 52.2 Å². The molecule has 0 saturated heterocycles. The SMILES string of the molecule is c1ccc(-c2nc(-c3ccc(-c4ccc5c(c4)sc4cccc(-n6c7ccc8ccccc8c7c7c8ccccc8ccc76)c45)cc3)nc3c2sc2ccccc23)cc1. The topological polar surface area (TPSA) is 30.7 Å². The number of benzene rings is 9. The van der Waals surface area contributed by atoms with Crippen LogP contribution in [0.4, 0.5) is 0 Å². The molecule has 0 aliphatic heterocycles. The van der Waals surface area contributed by atoms with E-state index in [0.29, 0.717) is 0 Å². The summed E-state index contributed by atoms with van der Waals surface area (Å²) < 4.78 is 7.41. The average molecular weight is 786 g/mol. The lowest BCUT2D eigenvalue weighted by molar-refractivity contribution is 1.20. The van der Waals surface area contributed by atoms with Crippen LogP contribution in [0.15, 0.2) is 188 Å². The van der Waals surface area contributed by atoms with Gasteiger partial charge in [-0.25, -0.2) is 9.97 Å². The summed E-state index contributed by atoms with van der Waals surface area (Å²) in [5, 5.41) is 11.4. The highest BCUT2D eigenvalue weighted by Crippen LogP contribution is 2.45. The Morgan fingerprint density at radius 3 is 1.75 bits per heavy atom. The summed E-state index contributed by atoms with van der Waals surface area (Å²) in [6.45, 7) is 0. The molecular formula is C54H31N3S2. The fraction of sp³-hybridized carbons (Fsp3) is 0. The standard InChI is InChI=1S/C54H31N3S2/c1-2-13-35(14-3-1)51-53-52(41-17-8-9-19-45(41)59-53)56-54(55-51)36-23-21-32(22-24-36)37-25-28-40-47(31-37)58-46-20-10-18-42(48(40)46)57-43-29-26-33-11-4-6-15-38(33)49(43)50-39-16-7-5-12-34(39)27-30-44(50)57/h1-31H. The Bertz CT molecular complexity index is 3740. The van der Waals surface area contributed by atoms with Crippen LogP contribution in [0.1, 0.15) is 0 Å². The maximum Gasteiger partial charge on any atom is 0.160 e. The van der Waals surface area contributed by atoms with Crippen molar-refractivity contribution in [3.63, 3.8) is 0 Å². The van der Waals surface area contributed by atoms with E-state index in [1.54, 1.807) is 11.3 Å². The zero-order valence-corrected chi connectivity index (χ0v) is 33.2. The molecule has 59 heavy (non-hydrogen) atoms. The first-order valence-corrected chi connectivity index (χ1v) is 21.5. The van der Waals surface area contributed by atoms with Crippen LogP contribution in [-0.2, 0) is 0 Å². The fourth-order valence-electron chi connectivity index (χ4n) is 9.30. The molecule has 3 nitrogen and oxygen atoms in total. The molecule has 0 aliphatic rings. The van der Waals surface area contributed by atoms with E-state index in [-0.39, 0.29) is 0 Å². The fourth-order valence-corrected chi connectivity index (χ4v) is 11.6. The van der Waals surface area contributed by atoms with Crippen LogP contribution in [0.25, 0.3) is 123 Å². The number of fused-ring (bicyclic) bond motifs is 13. The monoisotopic (exact) mass is 785 g/mol. The Hall–Kier alpha value is -7.18. The molecule has 4 heterocycles. The van der Waals surface area contributed by atoms with Gasteiger partial charge in [-0.05, 0) is 69.1 Å². The van der Waals surface area contributed by atoms with Crippen molar-refractivity contribution in [2.45, 2.75) is 0 Å². The minimum Gasteiger partial charge on any atom is -0.309 e. The van der Waals surface area contributed by atoms with Crippen LogP contribution in [0.2, 0.25) is 0 Å². The molecule has 0 spiro atoms. The zero-order chi connectivity index (χ0) is 38.6. The predicted octanol–water partition coefficient (Wildman–Crippen LogP) is 15.6. The number of nitrogens with zero attached hydrogens (tertiary/aromatic N) is 3. The van der Waals surface area contributed by atoms with Gasteiger partial charge in [0.25, 0.3) is 0 Å². The van der Waals surface area contributed by atoms with Crippen molar-refractivity contribution in [1.82, 2.24) is 14.5 Å². The summed E-state index contributed by atoms with van der Waals surface area (Å²) in [6, 6.07) is 68.3. The van der Waals surface area contributed by atoms with Crippen molar-refractivity contribution in [2.24, 2.45) is 0 Å². The molecule has 0 N–H and O–H groups in total. The van der Waals surface area contributed by atoms with Crippen LogP contribution in [-0.4, -0.2) is 14.5 Å². The molecule has 0 atom stereocenters. The lowest BCUT2D eigenvalue weighted by Crippen LogP contribution is -1.94. The van der Waals surface area contributed by atoms with Crippen molar-refractivity contribution in [3.8, 4) is 39.5 Å². The van der Waals surface area contributed by atoms with E-state index >= 15 is 0 Å². The predicted molar refractivity (Wildman–Crippen MR) is 253 cm³/mol. The molecule has 0 amide bonds. The highest BCUT2D eigenvalue weighted by Gasteiger charge is 2.21. The second-order valence-electron chi connectivity index (χ2n) is 15.3. The zero-order valence-electron chi connectivity index (χ0n) is 31.6. The lowest BCUT2D eigenvalue weighted by Gasteiger charge is -2.11. The maximum atomic E-state index is 5.20. The lowest BCUT2D eigenvalue weighted by atomic mass is 10.00. The minimum atomic E-state index is 0.741. The number of aromatic nitrogens is 3. The Morgan fingerprint density at radius 2 is 1.00 bits per heavy atom. The molecule has 0 bridgehead atoms. The summed E-state index contributed by atoms with van der Waals surface area (Å²) in [5.74, 6) is 0.741. The second-order valence-corrected chi connectivity index (χ2v) is 17.4. The largest absolute Gasteiger partial charge is 0.309 e. The van der Waals surface area contributed by atoms with E-state index in [0.717, 1.165) is 32.9 Å². The average Bonchev–Trinajstić information content (AvgIpc) is 3.99. The summed E-state index contributed by atoms with van der Waals surface area (Å²) in [5.41, 5.74) is 10.1. The van der Waals surface area contributed by atoms with E-state index in [1.807, 2.05) is 11.3 Å². The first-order valence-electron chi connectivity index (χ1n) is 19.9. The Morgan fingerprint density at radius 1 is 0.373 bits per heavy atom. The number of hydrogen-bond acceptors (Lipinski definition) is 4. The van der Waals surface area contributed by atoms with Crippen molar-refractivity contribution in [1.29, 1.82) is 0 Å². The Balaban J connectivity index is 0.947. The quantitative estimate of drug-likeness (QED) is 0.178. The van der Waals surface area contributed by atoms with Crippen LogP contribution < -0.4 is 0 Å². The molecule has 9 aromatic carbocycles. The van der Waals surface area contributed by atoms with Crippen LogP contribution in [0.3, 0.4) is 0 Å². The van der Waals surface area contributed by atoms with Gasteiger partial charge in [0.1, 0.15) is 0 Å².